The number of ether oxygens (including phenoxy) is 1. The third-order valence-electron chi connectivity index (χ3n) is 2.63. The van der Waals surface area contributed by atoms with Crippen molar-refractivity contribution in [2.45, 2.75) is 31.3 Å². The molecule has 0 aromatic heterocycles. The van der Waals surface area contributed by atoms with E-state index in [-0.39, 0.29) is 18.8 Å². The van der Waals surface area contributed by atoms with Crippen LogP contribution in [0.5, 0.6) is 0 Å². The first-order valence-electron chi connectivity index (χ1n) is 6.03. The van der Waals surface area contributed by atoms with Gasteiger partial charge in [0, 0.05) is 5.02 Å². The van der Waals surface area contributed by atoms with Gasteiger partial charge in [-0.1, -0.05) is 30.7 Å². The van der Waals surface area contributed by atoms with Crippen molar-refractivity contribution >= 4 is 27.4 Å². The van der Waals surface area contributed by atoms with E-state index in [1.165, 1.54) is 0 Å². The maximum Gasteiger partial charge on any atom is 0.324 e. The van der Waals surface area contributed by atoms with Crippen LogP contribution in [0.4, 0.5) is 0 Å². The fourth-order valence-corrected chi connectivity index (χ4v) is 3.57. The Labute approximate surface area is 118 Å². The quantitative estimate of drug-likeness (QED) is 0.758. The topological polar surface area (TPSA) is 60.4 Å². The van der Waals surface area contributed by atoms with E-state index < -0.39 is 21.1 Å². The molecule has 0 aliphatic carbocycles. The van der Waals surface area contributed by atoms with Crippen molar-refractivity contribution in [2.24, 2.45) is 0 Å². The Morgan fingerprint density at radius 1 is 1.26 bits per heavy atom. The largest absolute Gasteiger partial charge is 0.465 e. The first-order valence-corrected chi connectivity index (χ1v) is 8.12. The van der Waals surface area contributed by atoms with Crippen LogP contribution in [0.15, 0.2) is 24.3 Å². The van der Waals surface area contributed by atoms with Crippen molar-refractivity contribution in [3.63, 3.8) is 0 Å². The van der Waals surface area contributed by atoms with Gasteiger partial charge < -0.3 is 4.74 Å². The molecule has 0 spiro atoms. The molecule has 0 N–H and O–H groups in total. The molecule has 0 bridgehead atoms. The van der Waals surface area contributed by atoms with Crippen LogP contribution in [0, 0.1) is 0 Å². The van der Waals surface area contributed by atoms with Crippen LogP contribution < -0.4 is 0 Å². The minimum atomic E-state index is -3.58. The lowest BCUT2D eigenvalue weighted by Crippen LogP contribution is -2.32. The van der Waals surface area contributed by atoms with Crippen LogP contribution in [0.3, 0.4) is 0 Å². The molecule has 19 heavy (non-hydrogen) atoms. The molecule has 106 valence electrons. The van der Waals surface area contributed by atoms with E-state index in [1.807, 2.05) is 0 Å². The SMILES string of the molecule is CCOC(=O)C(CC)S(=O)(=O)Cc1ccc(Cl)cc1. The number of carbonyl (C=O) groups is 1. The smallest absolute Gasteiger partial charge is 0.324 e. The number of sulfone groups is 1. The first-order chi connectivity index (χ1) is 8.90. The average molecular weight is 305 g/mol. The van der Waals surface area contributed by atoms with Crippen molar-refractivity contribution in [3.8, 4) is 0 Å². The summed E-state index contributed by atoms with van der Waals surface area (Å²) < 4.78 is 29.2. The molecule has 0 saturated heterocycles. The number of hydrogen-bond acceptors (Lipinski definition) is 4. The van der Waals surface area contributed by atoms with Crippen molar-refractivity contribution in [1.29, 1.82) is 0 Å². The summed E-state index contributed by atoms with van der Waals surface area (Å²) in [7, 11) is -3.58. The summed E-state index contributed by atoms with van der Waals surface area (Å²) in [6.45, 7) is 3.48. The Kier molecular flexibility index (Phi) is 5.82. The molecule has 0 amide bonds. The Morgan fingerprint density at radius 3 is 2.32 bits per heavy atom. The summed E-state index contributed by atoms with van der Waals surface area (Å²) in [4.78, 5) is 11.6. The molecule has 6 heteroatoms. The second kappa shape index (κ2) is 6.91. The highest BCUT2D eigenvalue weighted by Gasteiger charge is 2.32. The van der Waals surface area contributed by atoms with E-state index in [0.717, 1.165) is 0 Å². The van der Waals surface area contributed by atoms with Crippen LogP contribution in [0.1, 0.15) is 25.8 Å². The van der Waals surface area contributed by atoms with Crippen molar-refractivity contribution in [1.82, 2.24) is 0 Å². The summed E-state index contributed by atoms with van der Waals surface area (Å²) in [5.41, 5.74) is 0.604. The van der Waals surface area contributed by atoms with Gasteiger partial charge in [-0.15, -0.1) is 0 Å². The van der Waals surface area contributed by atoms with Crippen LogP contribution in [0.25, 0.3) is 0 Å². The number of hydrogen-bond donors (Lipinski definition) is 0. The molecule has 0 radical (unpaired) electrons. The maximum atomic E-state index is 12.2. The van der Waals surface area contributed by atoms with Gasteiger partial charge in [0.05, 0.1) is 12.4 Å². The van der Waals surface area contributed by atoms with E-state index in [9.17, 15) is 13.2 Å². The third kappa shape index (κ3) is 4.51. The molecule has 0 aliphatic rings. The van der Waals surface area contributed by atoms with E-state index in [1.54, 1.807) is 38.1 Å². The highest BCUT2D eigenvalue weighted by atomic mass is 35.5. The molecule has 1 unspecified atom stereocenters. The Bertz CT molecular complexity index is 522. The number of halogens is 1. The second-order valence-electron chi connectivity index (χ2n) is 4.08. The van der Waals surface area contributed by atoms with Gasteiger partial charge in [0.25, 0.3) is 0 Å². The average Bonchev–Trinajstić information content (AvgIpc) is 2.32. The predicted molar refractivity (Wildman–Crippen MR) is 74.8 cm³/mol. The lowest BCUT2D eigenvalue weighted by Gasteiger charge is -2.14. The van der Waals surface area contributed by atoms with Crippen LogP contribution >= 0.6 is 11.6 Å². The van der Waals surface area contributed by atoms with E-state index in [2.05, 4.69) is 0 Å². The van der Waals surface area contributed by atoms with Gasteiger partial charge >= 0.3 is 5.97 Å². The minimum absolute atomic E-state index is 0.172. The van der Waals surface area contributed by atoms with E-state index in [4.69, 9.17) is 16.3 Å². The fraction of sp³-hybridized carbons (Fsp3) is 0.462. The highest BCUT2D eigenvalue weighted by Crippen LogP contribution is 2.17. The van der Waals surface area contributed by atoms with Gasteiger partial charge in [0.15, 0.2) is 15.1 Å². The second-order valence-corrected chi connectivity index (χ2v) is 6.70. The summed E-state index contributed by atoms with van der Waals surface area (Å²) in [6, 6.07) is 6.52. The van der Waals surface area contributed by atoms with E-state index in [0.29, 0.717) is 10.6 Å². The lowest BCUT2D eigenvalue weighted by molar-refractivity contribution is -0.142. The van der Waals surface area contributed by atoms with Gasteiger partial charge in [-0.05, 0) is 31.0 Å². The molecular formula is C13H17ClO4S. The Hall–Kier alpha value is -1.07. The number of rotatable bonds is 6. The van der Waals surface area contributed by atoms with E-state index >= 15 is 0 Å². The maximum absolute atomic E-state index is 12.2. The Morgan fingerprint density at radius 2 is 1.84 bits per heavy atom. The lowest BCUT2D eigenvalue weighted by atomic mass is 10.2. The molecule has 4 nitrogen and oxygen atoms in total. The summed E-state index contributed by atoms with van der Waals surface area (Å²) in [5, 5.41) is -0.568. The Balaban J connectivity index is 2.89. The molecule has 1 atom stereocenters. The molecule has 0 heterocycles. The van der Waals surface area contributed by atoms with Crippen molar-refractivity contribution in [2.75, 3.05) is 6.61 Å². The first kappa shape index (κ1) is 16.0. The zero-order valence-electron chi connectivity index (χ0n) is 10.9. The molecule has 1 rings (SSSR count). The van der Waals surface area contributed by atoms with Crippen molar-refractivity contribution < 1.29 is 17.9 Å². The van der Waals surface area contributed by atoms with Crippen LogP contribution in [-0.2, 0) is 25.1 Å². The molecule has 0 fully saturated rings. The highest BCUT2D eigenvalue weighted by molar-refractivity contribution is 7.92. The van der Waals surface area contributed by atoms with Gasteiger partial charge in [0.2, 0.25) is 0 Å². The molecule has 1 aromatic carbocycles. The van der Waals surface area contributed by atoms with Crippen LogP contribution in [-0.4, -0.2) is 26.2 Å². The predicted octanol–water partition coefficient (Wildman–Crippen LogP) is 2.60. The monoisotopic (exact) mass is 304 g/mol. The number of esters is 1. The molecular weight excluding hydrogens is 288 g/mol. The van der Waals surface area contributed by atoms with Gasteiger partial charge in [-0.2, -0.15) is 0 Å². The normalized spacial score (nSPS) is 13.0. The molecule has 0 saturated carbocycles. The van der Waals surface area contributed by atoms with Crippen molar-refractivity contribution in [3.05, 3.63) is 34.9 Å². The van der Waals surface area contributed by atoms with Gasteiger partial charge in [0.1, 0.15) is 0 Å². The summed E-state index contributed by atoms with van der Waals surface area (Å²) in [5.74, 6) is -0.874. The number of benzene rings is 1. The molecule has 0 aliphatic heterocycles. The van der Waals surface area contributed by atoms with Gasteiger partial charge in [-0.3, -0.25) is 4.79 Å². The fourth-order valence-electron chi connectivity index (χ4n) is 1.72. The standard InChI is InChI=1S/C13H17ClO4S/c1-3-12(13(15)18-4-2)19(16,17)9-10-5-7-11(14)8-6-10/h5-8,12H,3-4,9H2,1-2H3. The summed E-state index contributed by atoms with van der Waals surface area (Å²) in [6.07, 6.45) is 0.203. The summed E-state index contributed by atoms with van der Waals surface area (Å²) >= 11 is 5.74. The van der Waals surface area contributed by atoms with Gasteiger partial charge in [-0.25, -0.2) is 8.42 Å². The third-order valence-corrected chi connectivity index (χ3v) is 5.02. The van der Waals surface area contributed by atoms with Crippen LogP contribution in [0.2, 0.25) is 5.02 Å². The zero-order chi connectivity index (χ0) is 14.5. The molecule has 1 aromatic rings. The zero-order valence-corrected chi connectivity index (χ0v) is 12.5. The number of carbonyl (C=O) groups excluding carboxylic acids is 1. The minimum Gasteiger partial charge on any atom is -0.465 e.